The summed E-state index contributed by atoms with van der Waals surface area (Å²) >= 11 is 0. The summed E-state index contributed by atoms with van der Waals surface area (Å²) in [5, 5.41) is 0.565. The van der Waals surface area contributed by atoms with Gasteiger partial charge in [0.1, 0.15) is 18.7 Å². The average Bonchev–Trinajstić information content (AvgIpc) is 3.91. The van der Waals surface area contributed by atoms with Crippen molar-refractivity contribution in [2.24, 2.45) is 0 Å². The Morgan fingerprint density at radius 2 is 1.78 bits per heavy atom. The Hall–Kier alpha value is -5.07. The van der Waals surface area contributed by atoms with Crippen LogP contribution in [0.25, 0.3) is 27.9 Å². The lowest BCUT2D eigenvalue weighted by Gasteiger charge is -2.25. The molecule has 1 saturated carbocycles. The highest BCUT2D eigenvalue weighted by Crippen LogP contribution is 2.43. The van der Waals surface area contributed by atoms with E-state index in [0.29, 0.717) is 66.7 Å². The molecule has 12 heteroatoms. The van der Waals surface area contributed by atoms with Gasteiger partial charge in [-0.1, -0.05) is 42.0 Å². The van der Waals surface area contributed by atoms with Crippen LogP contribution in [0, 0.1) is 13.8 Å². The quantitative estimate of drug-likeness (QED) is 0.156. The Bertz CT molecular complexity index is 2310. The number of aromatic nitrogens is 3. The van der Waals surface area contributed by atoms with Crippen LogP contribution < -0.4 is 9.64 Å². The lowest BCUT2D eigenvalue weighted by Crippen LogP contribution is -2.34. The summed E-state index contributed by atoms with van der Waals surface area (Å²) in [5.74, 6) is 1.05. The summed E-state index contributed by atoms with van der Waals surface area (Å²) in [7, 11) is -3.84. The zero-order valence-electron chi connectivity index (χ0n) is 28.0. The molecular weight excluding hydrogens is 649 g/mol. The summed E-state index contributed by atoms with van der Waals surface area (Å²) in [4.78, 5) is 38.6. The van der Waals surface area contributed by atoms with Crippen molar-refractivity contribution in [3.63, 3.8) is 0 Å². The first-order chi connectivity index (χ1) is 24.2. The Morgan fingerprint density at radius 3 is 2.56 bits per heavy atom. The molecule has 2 aromatic heterocycles. The summed E-state index contributed by atoms with van der Waals surface area (Å²) in [6.07, 6.45) is 7.30. The number of anilines is 1. The zero-order chi connectivity index (χ0) is 34.6. The molecule has 1 aliphatic carbocycles. The molecule has 2 aliphatic heterocycles. The fourth-order valence-corrected chi connectivity index (χ4v) is 8.63. The maximum absolute atomic E-state index is 14.4. The monoisotopic (exact) mass is 685 g/mol. The number of fused-ring (bicyclic) bond motifs is 2. The van der Waals surface area contributed by atoms with E-state index < -0.39 is 10.0 Å². The van der Waals surface area contributed by atoms with Gasteiger partial charge in [-0.15, -0.1) is 0 Å². The summed E-state index contributed by atoms with van der Waals surface area (Å²) in [6.45, 7) is 5.71. The predicted molar refractivity (Wildman–Crippen MR) is 195 cm³/mol. The molecule has 0 spiro atoms. The highest BCUT2D eigenvalue weighted by atomic mass is 32.2. The molecule has 0 N–H and O–H groups in total. The molecule has 252 valence electrons. The Balaban J connectivity index is 1.26. The van der Waals surface area contributed by atoms with Crippen molar-refractivity contribution in [1.82, 2.24) is 18.8 Å². The van der Waals surface area contributed by atoms with E-state index in [9.17, 15) is 18.0 Å². The van der Waals surface area contributed by atoms with E-state index >= 15 is 0 Å². The van der Waals surface area contributed by atoms with Gasteiger partial charge in [-0.2, -0.15) is 0 Å². The van der Waals surface area contributed by atoms with Crippen molar-refractivity contribution in [3.8, 4) is 17.0 Å². The van der Waals surface area contributed by atoms with Crippen LogP contribution >= 0.6 is 0 Å². The maximum atomic E-state index is 14.4. The van der Waals surface area contributed by atoms with Crippen LogP contribution in [0.5, 0.6) is 5.75 Å². The molecule has 8 rings (SSSR count). The van der Waals surface area contributed by atoms with Crippen molar-refractivity contribution in [2.45, 2.75) is 43.9 Å². The fourth-order valence-electron chi connectivity index (χ4n) is 7.14. The molecule has 3 aliphatic rings. The van der Waals surface area contributed by atoms with E-state index in [2.05, 4.69) is 4.98 Å². The Labute approximate surface area is 291 Å². The zero-order valence-corrected chi connectivity index (χ0v) is 28.8. The van der Waals surface area contributed by atoms with Crippen LogP contribution in [0.3, 0.4) is 0 Å². The highest BCUT2D eigenvalue weighted by molar-refractivity contribution is 7.90. The van der Waals surface area contributed by atoms with Gasteiger partial charge < -0.3 is 19.2 Å². The van der Waals surface area contributed by atoms with Crippen LogP contribution in [-0.4, -0.2) is 72.9 Å². The molecule has 1 fully saturated rings. The van der Waals surface area contributed by atoms with Crippen molar-refractivity contribution in [3.05, 3.63) is 107 Å². The second kappa shape index (κ2) is 12.7. The van der Waals surface area contributed by atoms with Gasteiger partial charge in [0.25, 0.3) is 23.3 Å². The lowest BCUT2D eigenvalue weighted by molar-refractivity contribution is 0.0989. The maximum Gasteiger partial charge on any atom is 0.281 e. The number of amides is 1. The number of hydrogen-bond donors (Lipinski definition) is 0. The second-order valence-corrected chi connectivity index (χ2v) is 15.1. The smallest absolute Gasteiger partial charge is 0.281 e. The third-order valence-electron chi connectivity index (χ3n) is 9.96. The third-order valence-corrected chi connectivity index (χ3v) is 11.7. The van der Waals surface area contributed by atoms with Crippen molar-refractivity contribution in [1.29, 1.82) is 0 Å². The van der Waals surface area contributed by atoms with Crippen LogP contribution in [0.15, 0.2) is 84.0 Å². The van der Waals surface area contributed by atoms with Gasteiger partial charge in [-0.25, -0.2) is 22.4 Å². The van der Waals surface area contributed by atoms with Crippen LogP contribution in [0.4, 0.5) is 5.69 Å². The SMILES string of the molecule is Cc1ccc(S(=O)(=O)n2c(C3=CCCN(BC=O)C3)cc3c(-c4cccc(N5CCOc6cc(C7CC7)ccc6C5=O)c4C)ncnc32)cc1. The van der Waals surface area contributed by atoms with Gasteiger partial charge >= 0.3 is 0 Å². The molecule has 5 aromatic rings. The number of carbonyl (C=O) groups excluding carboxylic acids is 2. The van der Waals surface area contributed by atoms with Gasteiger partial charge in [0.2, 0.25) is 0 Å². The molecule has 0 unspecified atom stereocenters. The number of carbonyl (C=O) groups is 2. The first-order valence-corrected chi connectivity index (χ1v) is 18.4. The Kier molecular flexibility index (Phi) is 8.15. The molecule has 0 saturated heterocycles. The second-order valence-electron chi connectivity index (χ2n) is 13.3. The van der Waals surface area contributed by atoms with Gasteiger partial charge in [0, 0.05) is 23.2 Å². The largest absolute Gasteiger partial charge is 0.491 e. The van der Waals surface area contributed by atoms with Gasteiger partial charge in [-0.05, 0) is 98.7 Å². The lowest BCUT2D eigenvalue weighted by atomic mass is 9.90. The van der Waals surface area contributed by atoms with Crippen LogP contribution in [0.2, 0.25) is 0 Å². The minimum absolute atomic E-state index is 0.130. The molecule has 1 amide bonds. The average molecular weight is 686 g/mol. The minimum atomic E-state index is -4.10. The number of aryl methyl sites for hydroxylation is 1. The van der Waals surface area contributed by atoms with E-state index in [1.54, 1.807) is 29.2 Å². The van der Waals surface area contributed by atoms with Crippen LogP contribution in [0.1, 0.15) is 57.9 Å². The normalized spacial score (nSPS) is 16.8. The van der Waals surface area contributed by atoms with Gasteiger partial charge in [0.15, 0.2) is 5.65 Å². The van der Waals surface area contributed by atoms with E-state index in [0.717, 1.165) is 34.1 Å². The summed E-state index contributed by atoms with van der Waals surface area (Å²) in [6, 6.07) is 20.3. The van der Waals surface area contributed by atoms with E-state index in [4.69, 9.17) is 9.72 Å². The van der Waals surface area contributed by atoms with Gasteiger partial charge in [-0.3, -0.25) is 4.79 Å². The standard InChI is InChI=1S/C38H36BN5O5S/c1-24-8-13-29(14-9-24)50(47,48)44-34(28-5-4-16-42(21-28)39-22-45)20-32-36(40-23-41-37(32)44)30-6-3-7-33(25(30)2)43-17-18-49-35-19-27(26-10-11-26)12-15-31(35)38(43)46/h3,5-9,12-15,19-20,22-23,26,39H,4,10-11,16-18,21H2,1-2H3. The predicted octanol–water partition coefficient (Wildman–Crippen LogP) is 5.50. The number of ether oxygens (including phenoxy) is 1. The number of benzene rings is 3. The van der Waals surface area contributed by atoms with Crippen molar-refractivity contribution in [2.75, 3.05) is 31.1 Å². The highest BCUT2D eigenvalue weighted by Gasteiger charge is 2.32. The fraction of sp³-hybridized carbons (Fsp3) is 0.263. The molecule has 0 atom stereocenters. The molecular formula is C38H36BN5O5S. The van der Waals surface area contributed by atoms with Crippen LogP contribution in [-0.2, 0) is 14.8 Å². The summed E-state index contributed by atoms with van der Waals surface area (Å²) < 4.78 is 36.3. The number of nitrogens with zero attached hydrogens (tertiary/aromatic N) is 5. The van der Waals surface area contributed by atoms with E-state index in [1.165, 1.54) is 28.7 Å². The summed E-state index contributed by atoms with van der Waals surface area (Å²) in [5.41, 5.74) is 7.09. The molecule has 0 radical (unpaired) electrons. The van der Waals surface area contributed by atoms with Crippen molar-refractivity contribution < 1.29 is 22.7 Å². The first-order valence-electron chi connectivity index (χ1n) is 17.0. The van der Waals surface area contributed by atoms with E-state index in [-0.39, 0.29) is 23.9 Å². The molecule has 3 aromatic carbocycles. The number of hydrogen-bond acceptors (Lipinski definition) is 8. The van der Waals surface area contributed by atoms with Gasteiger partial charge in [0.05, 0.1) is 34.6 Å². The Morgan fingerprint density at radius 1 is 0.960 bits per heavy atom. The van der Waals surface area contributed by atoms with Crippen molar-refractivity contribution >= 4 is 51.8 Å². The molecule has 4 heterocycles. The first kappa shape index (κ1) is 32.2. The third kappa shape index (κ3) is 5.62. The molecule has 10 nitrogen and oxygen atoms in total. The minimum Gasteiger partial charge on any atom is -0.491 e. The number of rotatable bonds is 8. The molecule has 0 bridgehead atoms. The molecule has 50 heavy (non-hydrogen) atoms. The topological polar surface area (TPSA) is 115 Å². The van der Waals surface area contributed by atoms with E-state index in [1.807, 2.05) is 67.2 Å².